The maximum Gasteiger partial charge on any atom is 0.181 e. The van der Waals surface area contributed by atoms with E-state index >= 15 is 0 Å². The molecule has 5 nitrogen and oxygen atoms in total. The van der Waals surface area contributed by atoms with Gasteiger partial charge in [-0.15, -0.1) is 0 Å². The second kappa shape index (κ2) is 5.51. The van der Waals surface area contributed by atoms with Crippen LogP contribution < -0.4 is 5.73 Å². The van der Waals surface area contributed by atoms with Gasteiger partial charge >= 0.3 is 0 Å². The van der Waals surface area contributed by atoms with Crippen LogP contribution in [0.1, 0.15) is 18.5 Å². The normalized spacial score (nSPS) is 12.8. The molecule has 3 rings (SSSR count). The topological polar surface area (TPSA) is 80.5 Å². The highest BCUT2D eigenvalue weighted by molar-refractivity contribution is 9.10. The van der Waals surface area contributed by atoms with Crippen LogP contribution in [0.5, 0.6) is 0 Å². The first-order valence-electron chi connectivity index (χ1n) is 6.02. The van der Waals surface area contributed by atoms with Crippen molar-refractivity contribution in [3.8, 4) is 0 Å². The van der Waals surface area contributed by atoms with Crippen molar-refractivity contribution in [3.63, 3.8) is 0 Å². The lowest BCUT2D eigenvalue weighted by atomic mass is 10.1. The van der Waals surface area contributed by atoms with Crippen LogP contribution in [0.4, 0.5) is 0 Å². The second-order valence-corrected chi connectivity index (χ2v) is 6.27. The molecule has 0 amide bonds. The standard InChI is InChI=1S/C13H12BrN5S/c1-7(15)9-3-2-8(4-10(9)14)20-13-11-12(17-5-16-11)18-6-19-13/h2-7H,15H2,1H3,(H,16,17,18,19)/t7-/m1/s1. The summed E-state index contributed by atoms with van der Waals surface area (Å²) in [5, 5.41) is 0.855. The van der Waals surface area contributed by atoms with E-state index in [4.69, 9.17) is 5.73 Å². The van der Waals surface area contributed by atoms with Crippen LogP contribution >= 0.6 is 27.7 Å². The first-order valence-corrected chi connectivity index (χ1v) is 7.63. The monoisotopic (exact) mass is 349 g/mol. The Morgan fingerprint density at radius 3 is 2.90 bits per heavy atom. The fourth-order valence-electron chi connectivity index (χ4n) is 1.87. The maximum atomic E-state index is 5.91. The third-order valence-corrected chi connectivity index (χ3v) is 4.54. The average molecular weight is 350 g/mol. The van der Waals surface area contributed by atoms with Gasteiger partial charge in [-0.05, 0) is 24.6 Å². The lowest BCUT2D eigenvalue weighted by Crippen LogP contribution is -2.05. The summed E-state index contributed by atoms with van der Waals surface area (Å²) in [7, 11) is 0. The molecular weight excluding hydrogens is 338 g/mol. The van der Waals surface area contributed by atoms with E-state index < -0.39 is 0 Å². The molecule has 2 heterocycles. The number of nitrogens with one attached hydrogen (secondary N) is 1. The fraction of sp³-hybridized carbons (Fsp3) is 0.154. The molecule has 0 bridgehead atoms. The molecule has 0 radical (unpaired) electrons. The van der Waals surface area contributed by atoms with Crippen LogP contribution in [-0.4, -0.2) is 19.9 Å². The summed E-state index contributed by atoms with van der Waals surface area (Å²) in [6.07, 6.45) is 3.15. The molecule has 1 aromatic carbocycles. The number of aromatic amines is 1. The van der Waals surface area contributed by atoms with E-state index in [0.717, 1.165) is 25.5 Å². The SMILES string of the molecule is C[C@@H](N)c1ccc(Sc2ncnc3nc[nH]c23)cc1Br. The van der Waals surface area contributed by atoms with E-state index in [0.29, 0.717) is 5.65 Å². The predicted molar refractivity (Wildman–Crippen MR) is 82.6 cm³/mol. The smallest absolute Gasteiger partial charge is 0.181 e. The lowest BCUT2D eigenvalue weighted by Gasteiger charge is -2.10. The number of halogens is 1. The molecule has 0 spiro atoms. The molecule has 0 fully saturated rings. The largest absolute Gasteiger partial charge is 0.341 e. The van der Waals surface area contributed by atoms with E-state index in [1.54, 1.807) is 18.1 Å². The molecule has 102 valence electrons. The molecule has 2 aromatic heterocycles. The van der Waals surface area contributed by atoms with Crippen LogP contribution in [0.3, 0.4) is 0 Å². The third-order valence-electron chi connectivity index (χ3n) is 2.87. The molecular formula is C13H12BrN5S. The van der Waals surface area contributed by atoms with Crippen LogP contribution in [0, 0.1) is 0 Å². The quantitative estimate of drug-likeness (QED) is 0.709. The highest BCUT2D eigenvalue weighted by Gasteiger charge is 2.10. The number of aromatic nitrogens is 4. The van der Waals surface area contributed by atoms with Gasteiger partial charge in [0.1, 0.15) is 16.9 Å². The maximum absolute atomic E-state index is 5.91. The summed E-state index contributed by atoms with van der Waals surface area (Å²) in [5.41, 5.74) is 8.52. The minimum Gasteiger partial charge on any atom is -0.341 e. The van der Waals surface area contributed by atoms with Gasteiger partial charge in [-0.25, -0.2) is 15.0 Å². The Balaban J connectivity index is 1.95. The Bertz CT molecular complexity index is 755. The minimum atomic E-state index is 0.00166. The zero-order chi connectivity index (χ0) is 14.1. The lowest BCUT2D eigenvalue weighted by molar-refractivity contribution is 0.811. The van der Waals surface area contributed by atoms with Crippen LogP contribution in [0.2, 0.25) is 0 Å². The van der Waals surface area contributed by atoms with Crippen molar-refractivity contribution in [2.75, 3.05) is 0 Å². The Labute approximate surface area is 128 Å². The molecule has 0 saturated carbocycles. The first kappa shape index (κ1) is 13.5. The number of fused-ring (bicyclic) bond motifs is 1. The molecule has 0 aliphatic rings. The van der Waals surface area contributed by atoms with Crippen LogP contribution in [0.15, 0.2) is 45.2 Å². The summed E-state index contributed by atoms with van der Waals surface area (Å²) >= 11 is 5.12. The molecule has 1 atom stereocenters. The van der Waals surface area contributed by atoms with Crippen molar-refractivity contribution in [2.45, 2.75) is 22.9 Å². The van der Waals surface area contributed by atoms with Gasteiger partial charge in [0.25, 0.3) is 0 Å². The number of rotatable bonds is 3. The first-order chi connectivity index (χ1) is 9.65. The van der Waals surface area contributed by atoms with Gasteiger partial charge in [-0.1, -0.05) is 33.8 Å². The average Bonchev–Trinajstić information content (AvgIpc) is 2.87. The van der Waals surface area contributed by atoms with Gasteiger partial charge in [0, 0.05) is 15.4 Å². The Hall–Kier alpha value is -1.44. The van der Waals surface area contributed by atoms with Crippen molar-refractivity contribution in [2.24, 2.45) is 5.73 Å². The molecule has 7 heteroatoms. The summed E-state index contributed by atoms with van der Waals surface area (Å²) in [5.74, 6) is 0. The fourth-order valence-corrected chi connectivity index (χ4v) is 3.65. The van der Waals surface area contributed by atoms with E-state index in [-0.39, 0.29) is 6.04 Å². The Morgan fingerprint density at radius 2 is 2.15 bits per heavy atom. The van der Waals surface area contributed by atoms with Crippen LogP contribution in [-0.2, 0) is 0 Å². The number of H-pyrrole nitrogens is 1. The van der Waals surface area contributed by atoms with Crippen LogP contribution in [0.25, 0.3) is 11.2 Å². The number of nitrogens with two attached hydrogens (primary N) is 1. The van der Waals surface area contributed by atoms with E-state index in [1.807, 2.05) is 25.1 Å². The number of imidazole rings is 1. The summed E-state index contributed by atoms with van der Waals surface area (Å²) < 4.78 is 1.01. The van der Waals surface area contributed by atoms with Crippen molar-refractivity contribution in [1.82, 2.24) is 19.9 Å². The molecule has 0 aliphatic carbocycles. The summed E-state index contributed by atoms with van der Waals surface area (Å²) in [6.45, 7) is 1.96. The highest BCUT2D eigenvalue weighted by atomic mass is 79.9. The van der Waals surface area contributed by atoms with E-state index in [9.17, 15) is 0 Å². The van der Waals surface area contributed by atoms with Gasteiger partial charge in [0.2, 0.25) is 0 Å². The third kappa shape index (κ3) is 2.56. The number of hydrogen-bond donors (Lipinski definition) is 2. The van der Waals surface area contributed by atoms with Gasteiger partial charge in [0.15, 0.2) is 5.65 Å². The number of benzene rings is 1. The van der Waals surface area contributed by atoms with Gasteiger partial charge in [-0.2, -0.15) is 0 Å². The zero-order valence-electron chi connectivity index (χ0n) is 10.7. The van der Waals surface area contributed by atoms with E-state index in [2.05, 4.69) is 35.9 Å². The summed E-state index contributed by atoms with van der Waals surface area (Å²) in [4.78, 5) is 16.7. The predicted octanol–water partition coefficient (Wildman–Crippen LogP) is 3.29. The minimum absolute atomic E-state index is 0.00166. The summed E-state index contributed by atoms with van der Waals surface area (Å²) in [6, 6.07) is 6.12. The van der Waals surface area contributed by atoms with Crippen molar-refractivity contribution < 1.29 is 0 Å². The highest BCUT2D eigenvalue weighted by Crippen LogP contribution is 2.33. The Morgan fingerprint density at radius 1 is 1.30 bits per heavy atom. The van der Waals surface area contributed by atoms with E-state index in [1.165, 1.54) is 6.33 Å². The number of hydrogen-bond acceptors (Lipinski definition) is 5. The zero-order valence-corrected chi connectivity index (χ0v) is 13.1. The second-order valence-electron chi connectivity index (χ2n) is 4.35. The number of nitrogens with zero attached hydrogens (tertiary/aromatic N) is 3. The molecule has 20 heavy (non-hydrogen) atoms. The van der Waals surface area contributed by atoms with Crippen molar-refractivity contribution in [1.29, 1.82) is 0 Å². The molecule has 3 N–H and O–H groups in total. The molecule has 3 aromatic rings. The molecule has 0 saturated heterocycles. The van der Waals surface area contributed by atoms with Crippen molar-refractivity contribution >= 4 is 38.9 Å². The molecule has 0 aliphatic heterocycles. The van der Waals surface area contributed by atoms with Gasteiger partial charge in [-0.3, -0.25) is 0 Å². The van der Waals surface area contributed by atoms with Gasteiger partial charge in [0.05, 0.1) is 6.33 Å². The Kier molecular flexibility index (Phi) is 3.73. The van der Waals surface area contributed by atoms with Gasteiger partial charge < -0.3 is 10.7 Å². The van der Waals surface area contributed by atoms with Crippen molar-refractivity contribution in [3.05, 3.63) is 40.9 Å². The molecule has 0 unspecified atom stereocenters.